The van der Waals surface area contributed by atoms with Crippen LogP contribution in [-0.2, 0) is 4.74 Å². The van der Waals surface area contributed by atoms with Crippen LogP contribution in [0.4, 0.5) is 0 Å². The summed E-state index contributed by atoms with van der Waals surface area (Å²) < 4.78 is 13.6. The van der Waals surface area contributed by atoms with Crippen LogP contribution in [0.5, 0.6) is 5.88 Å². The van der Waals surface area contributed by atoms with Crippen molar-refractivity contribution in [2.45, 2.75) is 83.5 Å². The van der Waals surface area contributed by atoms with Gasteiger partial charge in [-0.2, -0.15) is 4.98 Å². The van der Waals surface area contributed by atoms with Gasteiger partial charge in [0.15, 0.2) is 11.2 Å². The van der Waals surface area contributed by atoms with Gasteiger partial charge in [0, 0.05) is 0 Å². The predicted molar refractivity (Wildman–Crippen MR) is 104 cm³/mol. The molecule has 3 rings (SSSR count). The highest BCUT2D eigenvalue weighted by atomic mass is 16.5. The van der Waals surface area contributed by atoms with E-state index in [1.807, 2.05) is 4.57 Å². The molecule has 1 aliphatic heterocycles. The SMILES string of the molecule is CCCCCCCCCCOc1ncnc2c1ncn2[C@H]1CC[C@@H](CO)O1. The number of ether oxygens (including phenoxy) is 2. The van der Waals surface area contributed by atoms with E-state index in [0.29, 0.717) is 18.0 Å². The van der Waals surface area contributed by atoms with Gasteiger partial charge in [0.05, 0.1) is 25.6 Å². The van der Waals surface area contributed by atoms with Crippen LogP contribution in [0.3, 0.4) is 0 Å². The monoisotopic (exact) mass is 376 g/mol. The third-order valence-corrected chi connectivity index (χ3v) is 5.16. The topological polar surface area (TPSA) is 82.3 Å². The van der Waals surface area contributed by atoms with Crippen LogP contribution in [0.2, 0.25) is 0 Å². The minimum atomic E-state index is -0.136. The summed E-state index contributed by atoms with van der Waals surface area (Å²) in [7, 11) is 0. The molecule has 0 aromatic carbocycles. The molecule has 0 spiro atoms. The Morgan fingerprint density at radius 1 is 1.07 bits per heavy atom. The molecule has 1 fully saturated rings. The Morgan fingerprint density at radius 2 is 1.85 bits per heavy atom. The van der Waals surface area contributed by atoms with Crippen LogP contribution in [0.1, 0.15) is 77.4 Å². The average Bonchev–Trinajstić information content (AvgIpc) is 3.33. The summed E-state index contributed by atoms with van der Waals surface area (Å²) in [5, 5.41) is 9.26. The molecule has 0 unspecified atom stereocenters. The van der Waals surface area contributed by atoms with E-state index in [1.165, 1.54) is 51.3 Å². The van der Waals surface area contributed by atoms with Gasteiger partial charge in [-0.05, 0) is 19.3 Å². The Labute approximate surface area is 161 Å². The second-order valence-corrected chi connectivity index (χ2v) is 7.30. The van der Waals surface area contributed by atoms with Gasteiger partial charge < -0.3 is 14.6 Å². The summed E-state index contributed by atoms with van der Waals surface area (Å²) in [6.07, 6.45) is 14.9. The van der Waals surface area contributed by atoms with Crippen LogP contribution < -0.4 is 4.74 Å². The van der Waals surface area contributed by atoms with Gasteiger partial charge in [0.2, 0.25) is 5.88 Å². The van der Waals surface area contributed by atoms with Crippen LogP contribution in [0.25, 0.3) is 11.2 Å². The van der Waals surface area contributed by atoms with Gasteiger partial charge in [-0.1, -0.05) is 51.9 Å². The van der Waals surface area contributed by atoms with E-state index >= 15 is 0 Å². The molecule has 0 aliphatic carbocycles. The average molecular weight is 377 g/mol. The summed E-state index contributed by atoms with van der Waals surface area (Å²) >= 11 is 0. The molecule has 27 heavy (non-hydrogen) atoms. The lowest BCUT2D eigenvalue weighted by Crippen LogP contribution is -2.14. The van der Waals surface area contributed by atoms with Gasteiger partial charge in [-0.3, -0.25) is 4.57 Å². The van der Waals surface area contributed by atoms with Crippen molar-refractivity contribution in [2.24, 2.45) is 0 Å². The number of unbranched alkanes of at least 4 members (excludes halogenated alkanes) is 7. The van der Waals surface area contributed by atoms with Crippen molar-refractivity contribution in [1.29, 1.82) is 0 Å². The molecule has 0 saturated carbocycles. The Hall–Kier alpha value is -1.73. The number of rotatable bonds is 12. The number of imidazole rings is 1. The largest absolute Gasteiger partial charge is 0.476 e. The zero-order chi connectivity index (χ0) is 18.9. The number of aromatic nitrogens is 4. The van der Waals surface area contributed by atoms with Crippen molar-refractivity contribution < 1.29 is 14.6 Å². The third-order valence-electron chi connectivity index (χ3n) is 5.16. The quantitative estimate of drug-likeness (QED) is 0.564. The number of fused-ring (bicyclic) bond motifs is 1. The van der Waals surface area contributed by atoms with Crippen molar-refractivity contribution >= 4 is 11.2 Å². The fourth-order valence-corrected chi connectivity index (χ4v) is 3.58. The summed E-state index contributed by atoms with van der Waals surface area (Å²) in [6.45, 7) is 2.95. The molecule has 2 atom stereocenters. The van der Waals surface area contributed by atoms with Crippen LogP contribution in [0.15, 0.2) is 12.7 Å². The van der Waals surface area contributed by atoms with Crippen molar-refractivity contribution in [3.8, 4) is 5.88 Å². The van der Waals surface area contributed by atoms with Crippen molar-refractivity contribution in [3.63, 3.8) is 0 Å². The van der Waals surface area contributed by atoms with Gasteiger partial charge in [-0.15, -0.1) is 0 Å². The maximum absolute atomic E-state index is 9.26. The molecule has 1 aliphatic rings. The molecule has 1 N–H and O–H groups in total. The van der Waals surface area contributed by atoms with E-state index in [9.17, 15) is 5.11 Å². The summed E-state index contributed by atoms with van der Waals surface area (Å²) in [5.74, 6) is 0.540. The predicted octanol–water partition coefficient (Wildman–Crippen LogP) is 4.02. The van der Waals surface area contributed by atoms with E-state index in [0.717, 1.165) is 24.9 Å². The molecule has 7 nitrogen and oxygen atoms in total. The summed E-state index contributed by atoms with van der Waals surface area (Å²) in [4.78, 5) is 13.1. The highest BCUT2D eigenvalue weighted by Gasteiger charge is 2.27. The Kier molecular flexibility index (Phi) is 7.83. The standard InChI is InChI=1S/C20H32N4O3/c1-2-3-4-5-6-7-8-9-12-26-20-18-19(21-14-22-20)24(15-23-18)17-11-10-16(13-25)27-17/h14-17,25H,2-13H2,1H3/t16-,17+/m0/s1. The Bertz CT molecular complexity index is 691. The van der Waals surface area contributed by atoms with Crippen molar-refractivity contribution in [3.05, 3.63) is 12.7 Å². The molecule has 0 radical (unpaired) electrons. The first-order valence-electron chi connectivity index (χ1n) is 10.4. The molecule has 0 bridgehead atoms. The van der Waals surface area contributed by atoms with E-state index in [1.54, 1.807) is 6.33 Å². The zero-order valence-corrected chi connectivity index (χ0v) is 16.3. The lowest BCUT2D eigenvalue weighted by molar-refractivity contribution is -0.0207. The van der Waals surface area contributed by atoms with Crippen LogP contribution in [0, 0.1) is 0 Å². The lowest BCUT2D eigenvalue weighted by Gasteiger charge is -2.13. The second kappa shape index (κ2) is 10.6. The Balaban J connectivity index is 1.47. The maximum Gasteiger partial charge on any atom is 0.245 e. The summed E-state index contributed by atoms with van der Waals surface area (Å²) in [5.41, 5.74) is 1.40. The van der Waals surface area contributed by atoms with Crippen molar-refractivity contribution in [2.75, 3.05) is 13.2 Å². The number of aliphatic hydroxyl groups excluding tert-OH is 1. The lowest BCUT2D eigenvalue weighted by atomic mass is 10.1. The third kappa shape index (κ3) is 5.39. The fourth-order valence-electron chi connectivity index (χ4n) is 3.58. The van der Waals surface area contributed by atoms with E-state index in [2.05, 4.69) is 21.9 Å². The molecule has 150 valence electrons. The smallest absolute Gasteiger partial charge is 0.245 e. The molecule has 7 heteroatoms. The molecule has 1 saturated heterocycles. The molecule has 0 amide bonds. The minimum Gasteiger partial charge on any atom is -0.476 e. The summed E-state index contributed by atoms with van der Waals surface area (Å²) in [6, 6.07) is 0. The van der Waals surface area contributed by atoms with Crippen molar-refractivity contribution in [1.82, 2.24) is 19.5 Å². The van der Waals surface area contributed by atoms with Gasteiger partial charge >= 0.3 is 0 Å². The molecular formula is C20H32N4O3. The number of aliphatic hydroxyl groups is 1. The molecule has 3 heterocycles. The molecular weight excluding hydrogens is 344 g/mol. The van der Waals surface area contributed by atoms with E-state index in [4.69, 9.17) is 9.47 Å². The van der Waals surface area contributed by atoms with Gasteiger partial charge in [0.1, 0.15) is 12.6 Å². The first-order chi connectivity index (χ1) is 13.3. The number of hydrogen-bond acceptors (Lipinski definition) is 6. The van der Waals surface area contributed by atoms with Crippen LogP contribution >= 0.6 is 0 Å². The number of hydrogen-bond donors (Lipinski definition) is 1. The first-order valence-corrected chi connectivity index (χ1v) is 10.4. The highest BCUT2D eigenvalue weighted by molar-refractivity contribution is 5.75. The van der Waals surface area contributed by atoms with E-state index < -0.39 is 0 Å². The van der Waals surface area contributed by atoms with Gasteiger partial charge in [0.25, 0.3) is 0 Å². The van der Waals surface area contributed by atoms with E-state index in [-0.39, 0.29) is 18.9 Å². The zero-order valence-electron chi connectivity index (χ0n) is 16.3. The van der Waals surface area contributed by atoms with Crippen LogP contribution in [-0.4, -0.2) is 43.9 Å². The highest BCUT2D eigenvalue weighted by Crippen LogP contribution is 2.31. The molecule has 2 aromatic heterocycles. The normalized spacial score (nSPS) is 19.8. The second-order valence-electron chi connectivity index (χ2n) is 7.30. The Morgan fingerprint density at radius 3 is 2.59 bits per heavy atom. The maximum atomic E-state index is 9.26. The minimum absolute atomic E-state index is 0.0467. The number of nitrogens with zero attached hydrogens (tertiary/aromatic N) is 4. The molecule has 2 aromatic rings. The fraction of sp³-hybridized carbons (Fsp3) is 0.750. The van der Waals surface area contributed by atoms with Gasteiger partial charge in [-0.25, -0.2) is 9.97 Å². The first kappa shape index (κ1) is 20.0.